The van der Waals surface area contributed by atoms with E-state index < -0.39 is 23.9 Å². The molecule has 6 heteroatoms. The first-order valence-electron chi connectivity index (χ1n) is 6.15. The number of carbonyl (C=O) groups is 1. The lowest BCUT2D eigenvalue weighted by molar-refractivity contribution is 0.00958. The molecule has 0 aliphatic heterocycles. The van der Waals surface area contributed by atoms with Gasteiger partial charge in [0.1, 0.15) is 17.8 Å². The number of alkyl carbamates (subject to hydrolysis) is 1. The van der Waals surface area contributed by atoms with E-state index in [1.807, 2.05) is 0 Å². The zero-order chi connectivity index (χ0) is 14.6. The number of aliphatic hydroxyl groups is 2. The molecule has 1 heterocycles. The van der Waals surface area contributed by atoms with Gasteiger partial charge in [-0.25, -0.2) is 4.79 Å². The lowest BCUT2D eigenvalue weighted by atomic mass is 10.1. The van der Waals surface area contributed by atoms with Gasteiger partial charge in [-0.05, 0) is 32.9 Å². The minimum atomic E-state index is -1.10. The molecule has 2 unspecified atom stereocenters. The Morgan fingerprint density at radius 2 is 2.11 bits per heavy atom. The van der Waals surface area contributed by atoms with E-state index in [1.54, 1.807) is 50.7 Å². The van der Waals surface area contributed by atoms with E-state index in [4.69, 9.17) is 4.74 Å². The highest BCUT2D eigenvalue weighted by Crippen LogP contribution is 2.16. The molecule has 0 aliphatic carbocycles. The Hall–Kier alpha value is -1.53. The summed E-state index contributed by atoms with van der Waals surface area (Å²) < 4.78 is 6.74. The van der Waals surface area contributed by atoms with Gasteiger partial charge in [0.25, 0.3) is 0 Å². The molecule has 0 spiro atoms. The quantitative estimate of drug-likeness (QED) is 0.760. The Balaban J connectivity index is 2.45. The van der Waals surface area contributed by atoms with Crippen molar-refractivity contribution >= 4 is 6.09 Å². The van der Waals surface area contributed by atoms with Gasteiger partial charge in [0.05, 0.1) is 0 Å². The predicted octanol–water partition coefficient (Wildman–Crippen LogP) is 0.944. The van der Waals surface area contributed by atoms with Crippen molar-refractivity contribution in [1.29, 1.82) is 0 Å². The molecular weight excluding hydrogens is 248 g/mol. The van der Waals surface area contributed by atoms with E-state index >= 15 is 0 Å². The van der Waals surface area contributed by atoms with Crippen LogP contribution in [0, 0.1) is 0 Å². The first kappa shape index (κ1) is 15.5. The maximum atomic E-state index is 11.4. The minimum Gasteiger partial charge on any atom is -0.444 e. The van der Waals surface area contributed by atoms with E-state index in [0.717, 1.165) is 0 Å². The monoisotopic (exact) mass is 270 g/mol. The minimum absolute atomic E-state index is 0.0821. The first-order chi connectivity index (χ1) is 8.70. The SMILES string of the molecule is Cn1cccc1C(O)C(O)CNC(=O)OC(C)(C)C. The third-order valence-corrected chi connectivity index (χ3v) is 2.51. The molecular formula is C13H22N2O4. The van der Waals surface area contributed by atoms with Crippen LogP contribution < -0.4 is 5.32 Å². The molecule has 1 aromatic heterocycles. The lowest BCUT2D eigenvalue weighted by Crippen LogP contribution is -2.39. The van der Waals surface area contributed by atoms with Gasteiger partial charge in [0, 0.05) is 25.5 Å². The van der Waals surface area contributed by atoms with Crippen LogP contribution in [0.5, 0.6) is 0 Å². The average Bonchev–Trinajstić information content (AvgIpc) is 2.69. The number of ether oxygens (including phenoxy) is 1. The highest BCUT2D eigenvalue weighted by molar-refractivity contribution is 5.67. The van der Waals surface area contributed by atoms with E-state index in [1.165, 1.54) is 0 Å². The van der Waals surface area contributed by atoms with E-state index in [2.05, 4.69) is 5.32 Å². The highest BCUT2D eigenvalue weighted by atomic mass is 16.6. The molecule has 0 aromatic carbocycles. The Morgan fingerprint density at radius 3 is 2.58 bits per heavy atom. The Morgan fingerprint density at radius 1 is 1.47 bits per heavy atom. The largest absolute Gasteiger partial charge is 0.444 e. The molecule has 3 N–H and O–H groups in total. The molecule has 0 bridgehead atoms. The first-order valence-corrected chi connectivity index (χ1v) is 6.15. The van der Waals surface area contributed by atoms with Crippen molar-refractivity contribution in [2.24, 2.45) is 7.05 Å². The zero-order valence-corrected chi connectivity index (χ0v) is 11.8. The summed E-state index contributed by atoms with van der Waals surface area (Å²) in [5, 5.41) is 22.2. The Bertz CT molecular complexity index is 423. The van der Waals surface area contributed by atoms with Gasteiger partial charge >= 0.3 is 6.09 Å². The summed E-state index contributed by atoms with van der Waals surface area (Å²) >= 11 is 0. The maximum absolute atomic E-state index is 11.4. The number of hydrogen-bond donors (Lipinski definition) is 3. The standard InChI is InChI=1S/C13H22N2O4/c1-13(2,3)19-12(18)14-8-10(16)11(17)9-6-5-7-15(9)4/h5-7,10-11,16-17H,8H2,1-4H3,(H,14,18). The normalized spacial score (nSPS) is 14.8. The van der Waals surface area contributed by atoms with Gasteiger partial charge in [-0.1, -0.05) is 0 Å². The molecule has 6 nitrogen and oxygen atoms in total. The van der Waals surface area contributed by atoms with E-state index in [0.29, 0.717) is 5.69 Å². The topological polar surface area (TPSA) is 83.7 Å². The summed E-state index contributed by atoms with van der Waals surface area (Å²) in [5.74, 6) is 0. The highest BCUT2D eigenvalue weighted by Gasteiger charge is 2.22. The Labute approximate surface area is 113 Å². The number of aromatic nitrogens is 1. The summed E-state index contributed by atoms with van der Waals surface area (Å²) in [6.45, 7) is 5.17. The number of amides is 1. The summed E-state index contributed by atoms with van der Waals surface area (Å²) in [4.78, 5) is 11.4. The number of carbonyl (C=O) groups excluding carboxylic acids is 1. The maximum Gasteiger partial charge on any atom is 0.407 e. The molecule has 108 valence electrons. The fourth-order valence-electron chi connectivity index (χ4n) is 1.59. The molecule has 0 radical (unpaired) electrons. The van der Waals surface area contributed by atoms with Crippen LogP contribution in [0.2, 0.25) is 0 Å². The molecule has 0 saturated carbocycles. The van der Waals surface area contributed by atoms with Crippen LogP contribution in [0.25, 0.3) is 0 Å². The zero-order valence-electron chi connectivity index (χ0n) is 11.8. The van der Waals surface area contributed by atoms with Gasteiger partial charge in [0.15, 0.2) is 0 Å². The van der Waals surface area contributed by atoms with Crippen LogP contribution in [-0.4, -0.2) is 39.1 Å². The van der Waals surface area contributed by atoms with Crippen LogP contribution in [0.4, 0.5) is 4.79 Å². The summed E-state index contributed by atoms with van der Waals surface area (Å²) in [6.07, 6.45) is -1.01. The summed E-state index contributed by atoms with van der Waals surface area (Å²) in [5.41, 5.74) is -0.00956. The number of aryl methyl sites for hydroxylation is 1. The molecule has 2 atom stereocenters. The average molecular weight is 270 g/mol. The number of aliphatic hydroxyl groups excluding tert-OH is 2. The third-order valence-electron chi connectivity index (χ3n) is 2.51. The second kappa shape index (κ2) is 6.08. The van der Waals surface area contributed by atoms with Crippen molar-refractivity contribution < 1.29 is 19.7 Å². The van der Waals surface area contributed by atoms with Crippen LogP contribution >= 0.6 is 0 Å². The van der Waals surface area contributed by atoms with Gasteiger partial charge in [-0.2, -0.15) is 0 Å². The molecule has 0 saturated heterocycles. The second-order valence-electron chi connectivity index (χ2n) is 5.44. The van der Waals surface area contributed by atoms with Gasteiger partial charge < -0.3 is 24.8 Å². The third kappa shape index (κ3) is 4.92. The number of nitrogens with one attached hydrogen (secondary N) is 1. The van der Waals surface area contributed by atoms with E-state index in [-0.39, 0.29) is 6.54 Å². The molecule has 1 aromatic rings. The van der Waals surface area contributed by atoms with Gasteiger partial charge in [-0.3, -0.25) is 0 Å². The molecule has 1 amide bonds. The van der Waals surface area contributed by atoms with Gasteiger partial charge in [-0.15, -0.1) is 0 Å². The second-order valence-corrected chi connectivity index (χ2v) is 5.44. The summed E-state index contributed by atoms with van der Waals surface area (Å²) in [7, 11) is 1.77. The lowest BCUT2D eigenvalue weighted by Gasteiger charge is -2.22. The van der Waals surface area contributed by atoms with Crippen molar-refractivity contribution in [3.05, 3.63) is 24.0 Å². The van der Waals surface area contributed by atoms with Crippen molar-refractivity contribution in [2.45, 2.75) is 38.6 Å². The van der Waals surface area contributed by atoms with Crippen molar-refractivity contribution in [2.75, 3.05) is 6.54 Å². The number of nitrogens with zero attached hydrogens (tertiary/aromatic N) is 1. The molecule has 19 heavy (non-hydrogen) atoms. The number of hydrogen-bond acceptors (Lipinski definition) is 4. The predicted molar refractivity (Wildman–Crippen MR) is 70.6 cm³/mol. The molecule has 1 rings (SSSR count). The summed E-state index contributed by atoms with van der Waals surface area (Å²) in [6, 6.07) is 3.48. The molecule has 0 fully saturated rings. The van der Waals surface area contributed by atoms with E-state index in [9.17, 15) is 15.0 Å². The number of rotatable bonds is 4. The fraction of sp³-hybridized carbons (Fsp3) is 0.615. The Kier molecular flexibility index (Phi) is 4.97. The molecule has 0 aliphatic rings. The van der Waals surface area contributed by atoms with Crippen molar-refractivity contribution in [1.82, 2.24) is 9.88 Å². The fourth-order valence-corrected chi connectivity index (χ4v) is 1.59. The van der Waals surface area contributed by atoms with Crippen molar-refractivity contribution in [3.8, 4) is 0 Å². The van der Waals surface area contributed by atoms with Crippen LogP contribution in [0.1, 0.15) is 32.6 Å². The van der Waals surface area contributed by atoms with Gasteiger partial charge in [0.2, 0.25) is 0 Å². The van der Waals surface area contributed by atoms with Crippen molar-refractivity contribution in [3.63, 3.8) is 0 Å². The van der Waals surface area contributed by atoms with Crippen LogP contribution in [-0.2, 0) is 11.8 Å². The smallest absolute Gasteiger partial charge is 0.407 e. The van der Waals surface area contributed by atoms with Crippen LogP contribution in [0.3, 0.4) is 0 Å². The van der Waals surface area contributed by atoms with Crippen LogP contribution in [0.15, 0.2) is 18.3 Å².